The zero-order chi connectivity index (χ0) is 9.23. The van der Waals surface area contributed by atoms with Gasteiger partial charge >= 0.3 is 0 Å². The molecular weight excluding hydrogens is 152 g/mol. The van der Waals surface area contributed by atoms with Gasteiger partial charge in [-0.15, -0.1) is 6.58 Å². The molecule has 0 aromatic rings. The van der Waals surface area contributed by atoms with Crippen LogP contribution in [0, 0.1) is 0 Å². The minimum atomic E-state index is 0.282. The zero-order valence-corrected chi connectivity index (χ0v) is 7.88. The standard InChI is InChI=1S/C9H20N2O/c1-3-5-6-7-9(11-10)8-12-4-2/h3,9,11H,1,4-8,10H2,2H3. The summed E-state index contributed by atoms with van der Waals surface area (Å²) in [6.07, 6.45) is 5.13. The van der Waals surface area contributed by atoms with Gasteiger partial charge in [-0.25, -0.2) is 0 Å². The number of unbranched alkanes of at least 4 members (excludes halogenated alkanes) is 1. The molecule has 0 aliphatic rings. The van der Waals surface area contributed by atoms with E-state index in [1.54, 1.807) is 0 Å². The van der Waals surface area contributed by atoms with Crippen LogP contribution in [0.25, 0.3) is 0 Å². The van der Waals surface area contributed by atoms with E-state index in [9.17, 15) is 0 Å². The molecule has 0 radical (unpaired) electrons. The van der Waals surface area contributed by atoms with Gasteiger partial charge in [0.15, 0.2) is 0 Å². The Bertz CT molecular complexity index is 107. The van der Waals surface area contributed by atoms with Crippen LogP contribution in [0.5, 0.6) is 0 Å². The van der Waals surface area contributed by atoms with E-state index in [1.165, 1.54) is 0 Å². The highest BCUT2D eigenvalue weighted by molar-refractivity contribution is 4.69. The molecule has 1 atom stereocenters. The Hall–Kier alpha value is -0.380. The second-order valence-corrected chi connectivity index (χ2v) is 2.74. The Kier molecular flexibility index (Phi) is 8.44. The van der Waals surface area contributed by atoms with E-state index in [-0.39, 0.29) is 6.04 Å². The van der Waals surface area contributed by atoms with Crippen molar-refractivity contribution in [3.63, 3.8) is 0 Å². The van der Waals surface area contributed by atoms with Crippen molar-refractivity contribution in [2.24, 2.45) is 5.84 Å². The lowest BCUT2D eigenvalue weighted by molar-refractivity contribution is 0.119. The van der Waals surface area contributed by atoms with Crippen molar-refractivity contribution >= 4 is 0 Å². The number of allylic oxidation sites excluding steroid dienone is 1. The van der Waals surface area contributed by atoms with E-state index in [4.69, 9.17) is 10.6 Å². The maximum Gasteiger partial charge on any atom is 0.0632 e. The van der Waals surface area contributed by atoms with Crippen molar-refractivity contribution in [3.05, 3.63) is 12.7 Å². The van der Waals surface area contributed by atoms with Gasteiger partial charge in [0, 0.05) is 12.6 Å². The molecule has 0 saturated carbocycles. The molecular formula is C9H20N2O. The Morgan fingerprint density at radius 1 is 1.67 bits per heavy atom. The highest BCUT2D eigenvalue weighted by Gasteiger charge is 2.04. The largest absolute Gasteiger partial charge is 0.380 e. The van der Waals surface area contributed by atoms with E-state index in [2.05, 4.69) is 12.0 Å². The normalized spacial score (nSPS) is 12.8. The second kappa shape index (κ2) is 8.71. The van der Waals surface area contributed by atoms with Gasteiger partial charge in [-0.05, 0) is 26.2 Å². The summed E-state index contributed by atoms with van der Waals surface area (Å²) in [6, 6.07) is 0.282. The summed E-state index contributed by atoms with van der Waals surface area (Å²) in [4.78, 5) is 0. The van der Waals surface area contributed by atoms with Gasteiger partial charge in [-0.1, -0.05) is 6.08 Å². The molecule has 3 heteroatoms. The lowest BCUT2D eigenvalue weighted by Crippen LogP contribution is -2.38. The summed E-state index contributed by atoms with van der Waals surface area (Å²) < 4.78 is 5.25. The first-order valence-electron chi connectivity index (χ1n) is 4.49. The van der Waals surface area contributed by atoms with Crippen LogP contribution in [0.2, 0.25) is 0 Å². The molecule has 0 rings (SSSR count). The third-order valence-electron chi connectivity index (χ3n) is 1.72. The second-order valence-electron chi connectivity index (χ2n) is 2.74. The quantitative estimate of drug-likeness (QED) is 0.250. The molecule has 12 heavy (non-hydrogen) atoms. The summed E-state index contributed by atoms with van der Waals surface area (Å²) in [7, 11) is 0. The lowest BCUT2D eigenvalue weighted by Gasteiger charge is -2.14. The van der Waals surface area contributed by atoms with E-state index in [1.807, 2.05) is 13.0 Å². The number of ether oxygens (including phenoxy) is 1. The van der Waals surface area contributed by atoms with Gasteiger partial charge in [0.2, 0.25) is 0 Å². The SMILES string of the molecule is C=CCCCC(COCC)NN. The average Bonchev–Trinajstić information content (AvgIpc) is 2.11. The Morgan fingerprint density at radius 3 is 2.92 bits per heavy atom. The summed E-state index contributed by atoms with van der Waals surface area (Å²) >= 11 is 0. The number of nitrogens with one attached hydrogen (secondary N) is 1. The van der Waals surface area contributed by atoms with Crippen molar-refractivity contribution < 1.29 is 4.74 Å². The van der Waals surface area contributed by atoms with Gasteiger partial charge in [-0.3, -0.25) is 11.3 Å². The first kappa shape index (κ1) is 11.6. The summed E-state index contributed by atoms with van der Waals surface area (Å²) in [6.45, 7) is 7.09. The summed E-state index contributed by atoms with van der Waals surface area (Å²) in [5.74, 6) is 5.34. The van der Waals surface area contributed by atoms with E-state index in [0.717, 1.165) is 25.9 Å². The van der Waals surface area contributed by atoms with Crippen LogP contribution in [-0.4, -0.2) is 19.3 Å². The maximum absolute atomic E-state index is 5.34. The van der Waals surface area contributed by atoms with E-state index < -0.39 is 0 Å². The van der Waals surface area contributed by atoms with Gasteiger partial charge < -0.3 is 4.74 Å². The predicted molar refractivity (Wildman–Crippen MR) is 51.7 cm³/mol. The monoisotopic (exact) mass is 172 g/mol. The van der Waals surface area contributed by atoms with Gasteiger partial charge in [-0.2, -0.15) is 0 Å². The third-order valence-corrected chi connectivity index (χ3v) is 1.72. The van der Waals surface area contributed by atoms with Crippen LogP contribution in [0.15, 0.2) is 12.7 Å². The minimum Gasteiger partial charge on any atom is -0.380 e. The van der Waals surface area contributed by atoms with Crippen LogP contribution in [-0.2, 0) is 4.74 Å². The van der Waals surface area contributed by atoms with Gasteiger partial charge in [0.25, 0.3) is 0 Å². The van der Waals surface area contributed by atoms with Crippen molar-refractivity contribution in [1.82, 2.24) is 5.43 Å². The molecule has 0 saturated heterocycles. The lowest BCUT2D eigenvalue weighted by atomic mass is 10.1. The molecule has 3 nitrogen and oxygen atoms in total. The highest BCUT2D eigenvalue weighted by atomic mass is 16.5. The number of hydrogen-bond acceptors (Lipinski definition) is 3. The molecule has 1 unspecified atom stereocenters. The van der Waals surface area contributed by atoms with E-state index in [0.29, 0.717) is 6.61 Å². The third kappa shape index (κ3) is 6.34. The number of hydrazine groups is 1. The zero-order valence-electron chi connectivity index (χ0n) is 7.88. The first-order chi connectivity index (χ1) is 5.85. The van der Waals surface area contributed by atoms with Gasteiger partial charge in [0.1, 0.15) is 0 Å². The highest BCUT2D eigenvalue weighted by Crippen LogP contribution is 2.00. The predicted octanol–water partition coefficient (Wildman–Crippen LogP) is 1.21. The average molecular weight is 172 g/mol. The molecule has 0 bridgehead atoms. The first-order valence-corrected chi connectivity index (χ1v) is 4.49. The van der Waals surface area contributed by atoms with Crippen molar-refractivity contribution in [3.8, 4) is 0 Å². The number of rotatable bonds is 8. The summed E-state index contributed by atoms with van der Waals surface area (Å²) in [5, 5.41) is 0. The van der Waals surface area contributed by atoms with Crippen molar-refractivity contribution in [2.45, 2.75) is 32.2 Å². The number of hydrogen-bond donors (Lipinski definition) is 2. The topological polar surface area (TPSA) is 47.3 Å². The fourth-order valence-electron chi connectivity index (χ4n) is 0.983. The Labute approximate surface area is 74.9 Å². The smallest absolute Gasteiger partial charge is 0.0632 e. The number of nitrogens with two attached hydrogens (primary N) is 1. The van der Waals surface area contributed by atoms with Crippen LogP contribution >= 0.6 is 0 Å². The molecule has 0 amide bonds. The van der Waals surface area contributed by atoms with Crippen LogP contribution in [0.4, 0.5) is 0 Å². The maximum atomic E-state index is 5.34. The molecule has 0 heterocycles. The fourth-order valence-corrected chi connectivity index (χ4v) is 0.983. The fraction of sp³-hybridized carbons (Fsp3) is 0.778. The minimum absolute atomic E-state index is 0.282. The van der Waals surface area contributed by atoms with Crippen molar-refractivity contribution in [1.29, 1.82) is 0 Å². The van der Waals surface area contributed by atoms with Crippen LogP contribution in [0.3, 0.4) is 0 Å². The molecule has 0 aliphatic heterocycles. The molecule has 0 aliphatic carbocycles. The van der Waals surface area contributed by atoms with Crippen LogP contribution < -0.4 is 11.3 Å². The molecule has 0 aromatic carbocycles. The molecule has 0 aromatic heterocycles. The molecule has 0 fully saturated rings. The van der Waals surface area contributed by atoms with Gasteiger partial charge in [0.05, 0.1) is 6.61 Å². The Morgan fingerprint density at radius 2 is 2.42 bits per heavy atom. The summed E-state index contributed by atoms with van der Waals surface area (Å²) in [5.41, 5.74) is 2.74. The Balaban J connectivity index is 3.32. The molecule has 72 valence electrons. The molecule has 0 spiro atoms. The van der Waals surface area contributed by atoms with Crippen molar-refractivity contribution in [2.75, 3.05) is 13.2 Å². The van der Waals surface area contributed by atoms with E-state index >= 15 is 0 Å². The van der Waals surface area contributed by atoms with Crippen LogP contribution in [0.1, 0.15) is 26.2 Å². The molecule has 3 N–H and O–H groups in total.